The van der Waals surface area contributed by atoms with Crippen molar-refractivity contribution in [1.82, 2.24) is 4.57 Å². The molecule has 1 fully saturated rings. The highest BCUT2D eigenvalue weighted by Gasteiger charge is 2.29. The topological polar surface area (TPSA) is 51.3 Å². The fourth-order valence-corrected chi connectivity index (χ4v) is 3.06. The molecule has 0 radical (unpaired) electrons. The Morgan fingerprint density at radius 2 is 1.81 bits per heavy atom. The van der Waals surface area contributed by atoms with Crippen LogP contribution in [0.1, 0.15) is 17.8 Å². The fourth-order valence-electron chi connectivity index (χ4n) is 3.06. The smallest absolute Gasteiger partial charge is 0.227 e. The molecule has 0 aliphatic carbocycles. The number of nitrogens with zero attached hydrogens (tertiary/aromatic N) is 2. The van der Waals surface area contributed by atoms with Gasteiger partial charge in [-0.2, -0.15) is 0 Å². The number of carbonyl (C=O) groups is 1. The summed E-state index contributed by atoms with van der Waals surface area (Å²) in [6.45, 7) is 5.47. The van der Waals surface area contributed by atoms with E-state index in [1.807, 2.05) is 17.0 Å². The van der Waals surface area contributed by atoms with Crippen molar-refractivity contribution in [2.75, 3.05) is 18.0 Å². The third-order valence-corrected chi connectivity index (χ3v) is 4.21. The summed E-state index contributed by atoms with van der Waals surface area (Å²) in [5, 5.41) is 0. The average Bonchev–Trinajstić information content (AvgIpc) is 3.02. The van der Waals surface area contributed by atoms with E-state index in [0.29, 0.717) is 13.0 Å². The van der Waals surface area contributed by atoms with Gasteiger partial charge in [0.05, 0.1) is 0 Å². The Labute approximate surface area is 125 Å². The first-order valence-corrected chi connectivity index (χ1v) is 7.36. The molecule has 1 atom stereocenters. The number of aryl methyl sites for hydroxylation is 2. The second-order valence-electron chi connectivity index (χ2n) is 5.78. The molecule has 1 saturated heterocycles. The molecule has 3 rings (SSSR count). The lowest BCUT2D eigenvalue weighted by atomic mass is 10.1. The van der Waals surface area contributed by atoms with Gasteiger partial charge in [-0.15, -0.1) is 0 Å². The first kappa shape index (κ1) is 13.9. The highest BCUT2D eigenvalue weighted by molar-refractivity contribution is 5.96. The van der Waals surface area contributed by atoms with Crippen molar-refractivity contribution >= 4 is 11.6 Å². The van der Waals surface area contributed by atoms with Crippen LogP contribution in [0.4, 0.5) is 5.69 Å². The normalized spacial score (nSPS) is 18.5. The molecule has 0 bridgehead atoms. The van der Waals surface area contributed by atoms with E-state index in [2.05, 4.69) is 42.7 Å². The molecule has 0 saturated carbocycles. The lowest BCUT2D eigenvalue weighted by Crippen LogP contribution is -2.25. The van der Waals surface area contributed by atoms with E-state index in [1.165, 1.54) is 11.4 Å². The highest BCUT2D eigenvalue weighted by Crippen LogP contribution is 2.27. The first-order valence-electron chi connectivity index (χ1n) is 7.36. The highest BCUT2D eigenvalue weighted by atomic mass is 16.2. The summed E-state index contributed by atoms with van der Waals surface area (Å²) in [4.78, 5) is 14.0. The number of nitrogens with two attached hydrogens (primary N) is 1. The van der Waals surface area contributed by atoms with Crippen LogP contribution < -0.4 is 10.6 Å². The van der Waals surface area contributed by atoms with E-state index < -0.39 is 0 Å². The molecule has 2 N–H and O–H groups in total. The monoisotopic (exact) mass is 283 g/mol. The molecule has 1 aliphatic heterocycles. The number of carbonyl (C=O) groups excluding carboxylic acids is 1. The number of anilines is 1. The van der Waals surface area contributed by atoms with Crippen LogP contribution >= 0.6 is 0 Å². The molecule has 1 aromatic carbocycles. The summed E-state index contributed by atoms with van der Waals surface area (Å²) >= 11 is 0. The van der Waals surface area contributed by atoms with Crippen LogP contribution in [0.5, 0.6) is 0 Å². The molecule has 0 spiro atoms. The average molecular weight is 283 g/mol. The van der Waals surface area contributed by atoms with Gasteiger partial charge in [-0.25, -0.2) is 0 Å². The number of rotatable bonds is 3. The van der Waals surface area contributed by atoms with Crippen molar-refractivity contribution in [3.8, 4) is 5.69 Å². The maximum atomic E-state index is 12.1. The molecule has 1 aliphatic rings. The predicted octanol–water partition coefficient (Wildman–Crippen LogP) is 2.41. The Kier molecular flexibility index (Phi) is 3.55. The van der Waals surface area contributed by atoms with Crippen molar-refractivity contribution in [1.29, 1.82) is 0 Å². The van der Waals surface area contributed by atoms with Gasteiger partial charge in [0.1, 0.15) is 0 Å². The molecule has 1 unspecified atom stereocenters. The molecule has 4 nitrogen and oxygen atoms in total. The second-order valence-corrected chi connectivity index (χ2v) is 5.78. The van der Waals surface area contributed by atoms with Crippen LogP contribution in [0.2, 0.25) is 0 Å². The molecule has 1 aromatic heterocycles. The van der Waals surface area contributed by atoms with Gasteiger partial charge in [0.15, 0.2) is 0 Å². The van der Waals surface area contributed by atoms with Gasteiger partial charge in [-0.1, -0.05) is 6.07 Å². The van der Waals surface area contributed by atoms with Crippen LogP contribution in [0.3, 0.4) is 0 Å². The van der Waals surface area contributed by atoms with Crippen LogP contribution in [-0.2, 0) is 4.79 Å². The van der Waals surface area contributed by atoms with Gasteiger partial charge in [0.2, 0.25) is 5.91 Å². The number of benzene rings is 1. The SMILES string of the molecule is Cc1ccc(C)n1-c1cccc(N2CC(CN)CC2=O)c1. The molecule has 1 amide bonds. The lowest BCUT2D eigenvalue weighted by Gasteiger charge is -2.18. The molecule has 2 heterocycles. The third-order valence-electron chi connectivity index (χ3n) is 4.21. The Balaban J connectivity index is 1.96. The van der Waals surface area contributed by atoms with Crippen molar-refractivity contribution in [2.24, 2.45) is 11.7 Å². The van der Waals surface area contributed by atoms with E-state index >= 15 is 0 Å². The third kappa shape index (κ3) is 2.47. The zero-order valence-corrected chi connectivity index (χ0v) is 12.5. The van der Waals surface area contributed by atoms with E-state index in [4.69, 9.17) is 5.73 Å². The quantitative estimate of drug-likeness (QED) is 0.940. The largest absolute Gasteiger partial charge is 0.330 e. The molecule has 2 aromatic rings. The van der Waals surface area contributed by atoms with E-state index in [1.54, 1.807) is 0 Å². The summed E-state index contributed by atoms with van der Waals surface area (Å²) in [6.07, 6.45) is 0.558. The van der Waals surface area contributed by atoms with Gasteiger partial charge < -0.3 is 15.2 Å². The first-order chi connectivity index (χ1) is 10.1. The van der Waals surface area contributed by atoms with Crippen LogP contribution in [0.25, 0.3) is 5.69 Å². The predicted molar refractivity (Wildman–Crippen MR) is 84.8 cm³/mol. The zero-order valence-electron chi connectivity index (χ0n) is 12.5. The Morgan fingerprint density at radius 3 is 2.43 bits per heavy atom. The summed E-state index contributed by atoms with van der Waals surface area (Å²) in [5.41, 5.74) is 10.1. The van der Waals surface area contributed by atoms with Crippen LogP contribution in [0, 0.1) is 19.8 Å². The van der Waals surface area contributed by atoms with Crippen molar-refractivity contribution in [2.45, 2.75) is 20.3 Å². The lowest BCUT2D eigenvalue weighted by molar-refractivity contribution is -0.117. The minimum absolute atomic E-state index is 0.170. The fraction of sp³-hybridized carbons (Fsp3) is 0.353. The minimum atomic E-state index is 0.170. The number of hydrogen-bond acceptors (Lipinski definition) is 2. The summed E-state index contributed by atoms with van der Waals surface area (Å²) in [5.74, 6) is 0.444. The van der Waals surface area contributed by atoms with Crippen molar-refractivity contribution in [3.63, 3.8) is 0 Å². The second kappa shape index (κ2) is 5.37. The molecule has 21 heavy (non-hydrogen) atoms. The maximum absolute atomic E-state index is 12.1. The number of hydrogen-bond donors (Lipinski definition) is 1. The van der Waals surface area contributed by atoms with Gasteiger partial charge in [0, 0.05) is 35.7 Å². The van der Waals surface area contributed by atoms with Crippen LogP contribution in [0.15, 0.2) is 36.4 Å². The summed E-state index contributed by atoms with van der Waals surface area (Å²) < 4.78 is 2.20. The van der Waals surface area contributed by atoms with Gasteiger partial charge in [-0.05, 0) is 56.6 Å². The maximum Gasteiger partial charge on any atom is 0.227 e. The summed E-state index contributed by atoms with van der Waals surface area (Å²) in [7, 11) is 0. The molecular weight excluding hydrogens is 262 g/mol. The Hall–Kier alpha value is -2.07. The Morgan fingerprint density at radius 1 is 1.14 bits per heavy atom. The zero-order chi connectivity index (χ0) is 15.0. The number of aromatic nitrogens is 1. The molecular formula is C17H21N3O. The van der Waals surface area contributed by atoms with E-state index in [0.717, 1.165) is 17.9 Å². The van der Waals surface area contributed by atoms with Gasteiger partial charge in [0.25, 0.3) is 0 Å². The Bertz CT molecular complexity index is 655. The van der Waals surface area contributed by atoms with E-state index in [-0.39, 0.29) is 11.8 Å². The van der Waals surface area contributed by atoms with Crippen molar-refractivity contribution < 1.29 is 4.79 Å². The van der Waals surface area contributed by atoms with Crippen molar-refractivity contribution in [3.05, 3.63) is 47.8 Å². The number of amides is 1. The molecule has 110 valence electrons. The van der Waals surface area contributed by atoms with Gasteiger partial charge in [-0.3, -0.25) is 4.79 Å². The van der Waals surface area contributed by atoms with E-state index in [9.17, 15) is 4.79 Å². The minimum Gasteiger partial charge on any atom is -0.330 e. The summed E-state index contributed by atoms with van der Waals surface area (Å²) in [6, 6.07) is 12.4. The molecule has 4 heteroatoms. The van der Waals surface area contributed by atoms with Gasteiger partial charge >= 0.3 is 0 Å². The standard InChI is InChI=1S/C17H21N3O/c1-12-6-7-13(2)20(12)16-5-3-4-15(9-16)19-11-14(10-18)8-17(19)21/h3-7,9,14H,8,10-11,18H2,1-2H3. The van der Waals surface area contributed by atoms with Crippen LogP contribution in [-0.4, -0.2) is 23.6 Å².